The minimum Gasteiger partial charge on any atom is -0.338 e. The van der Waals surface area contributed by atoms with Crippen LogP contribution in [0.1, 0.15) is 6.42 Å². The average Bonchev–Trinajstić information content (AvgIpc) is 2.34. The molecule has 0 heterocycles. The number of carbonyl (C=O) groups is 1. The molecule has 0 aliphatic carbocycles. The maximum atomic E-state index is 11.5. The highest BCUT2D eigenvalue weighted by atomic mass is 32.2. The van der Waals surface area contributed by atoms with E-state index in [0.29, 0.717) is 24.4 Å². The van der Waals surface area contributed by atoms with Crippen molar-refractivity contribution >= 4 is 28.2 Å². The monoisotopic (exact) mass is 285 g/mol. The van der Waals surface area contributed by atoms with Crippen LogP contribution in [0.2, 0.25) is 0 Å². The molecule has 0 aromatic heterocycles. The molecule has 0 aliphatic rings. The highest BCUT2D eigenvalue weighted by Crippen LogP contribution is 2.16. The van der Waals surface area contributed by atoms with Crippen molar-refractivity contribution in [3.63, 3.8) is 0 Å². The number of nitrogens with zero attached hydrogens (tertiary/aromatic N) is 1. The lowest BCUT2D eigenvalue weighted by atomic mass is 10.3. The first-order valence-corrected chi connectivity index (χ1v) is 7.31. The predicted molar refractivity (Wildman–Crippen MR) is 73.7 cm³/mol. The second-order valence-electron chi connectivity index (χ2n) is 3.82. The van der Waals surface area contributed by atoms with Gasteiger partial charge >= 0.3 is 6.03 Å². The summed E-state index contributed by atoms with van der Waals surface area (Å²) in [4.78, 5) is 21.5. The van der Waals surface area contributed by atoms with E-state index in [1.54, 1.807) is 12.3 Å². The minimum absolute atomic E-state index is 0.0841. The van der Waals surface area contributed by atoms with E-state index < -0.39 is 21.8 Å². The summed E-state index contributed by atoms with van der Waals surface area (Å²) in [5.41, 5.74) is 0.268. The van der Waals surface area contributed by atoms with Crippen LogP contribution in [0.5, 0.6) is 0 Å². The normalized spacial score (nSPS) is 11.6. The van der Waals surface area contributed by atoms with Gasteiger partial charge in [0, 0.05) is 47.2 Å². The molecule has 0 aliphatic heterocycles. The molecular weight excluding hydrogens is 270 g/mol. The van der Waals surface area contributed by atoms with E-state index in [0.717, 1.165) is 0 Å². The quantitative estimate of drug-likeness (QED) is 0.469. The fraction of sp³-hybridized carbons (Fsp3) is 0.364. The molecule has 8 heteroatoms. The Morgan fingerprint density at radius 3 is 2.84 bits per heavy atom. The van der Waals surface area contributed by atoms with Crippen molar-refractivity contribution in [2.24, 2.45) is 0 Å². The number of amides is 2. The number of nitro groups is 1. The van der Waals surface area contributed by atoms with Gasteiger partial charge in [-0.2, -0.15) is 0 Å². The number of anilines is 1. The van der Waals surface area contributed by atoms with Gasteiger partial charge in [-0.05, 0) is 12.5 Å². The molecule has 0 saturated carbocycles. The highest BCUT2D eigenvalue weighted by Gasteiger charge is 2.07. The van der Waals surface area contributed by atoms with E-state index in [4.69, 9.17) is 0 Å². The number of urea groups is 1. The molecule has 1 aromatic carbocycles. The molecule has 0 radical (unpaired) electrons. The fourth-order valence-corrected chi connectivity index (χ4v) is 1.90. The van der Waals surface area contributed by atoms with Crippen LogP contribution in [0.3, 0.4) is 0 Å². The van der Waals surface area contributed by atoms with Crippen molar-refractivity contribution in [3.8, 4) is 0 Å². The average molecular weight is 285 g/mol. The van der Waals surface area contributed by atoms with Gasteiger partial charge in [-0.1, -0.05) is 6.07 Å². The number of carbonyl (C=O) groups excluding carboxylic acids is 1. The lowest BCUT2D eigenvalue weighted by molar-refractivity contribution is -0.384. The van der Waals surface area contributed by atoms with Crippen LogP contribution in [0.25, 0.3) is 0 Å². The van der Waals surface area contributed by atoms with Crippen LogP contribution in [0.15, 0.2) is 24.3 Å². The first-order chi connectivity index (χ1) is 8.99. The summed E-state index contributed by atoms with van der Waals surface area (Å²) in [6.45, 7) is 0.403. The highest BCUT2D eigenvalue weighted by molar-refractivity contribution is 7.84. The third-order valence-electron chi connectivity index (χ3n) is 2.21. The SMILES string of the molecule is C[S@@](=O)CCCNC(=O)Nc1cccc([N+](=O)[O-])c1. The Morgan fingerprint density at radius 1 is 1.47 bits per heavy atom. The summed E-state index contributed by atoms with van der Waals surface area (Å²) in [6, 6.07) is 5.24. The van der Waals surface area contributed by atoms with Crippen LogP contribution in [0.4, 0.5) is 16.2 Å². The van der Waals surface area contributed by atoms with Crippen LogP contribution in [-0.2, 0) is 10.8 Å². The van der Waals surface area contributed by atoms with Crippen molar-refractivity contribution in [2.45, 2.75) is 6.42 Å². The Hall–Kier alpha value is -1.96. The van der Waals surface area contributed by atoms with Gasteiger partial charge in [0.1, 0.15) is 0 Å². The zero-order chi connectivity index (χ0) is 14.3. The molecule has 2 amide bonds. The van der Waals surface area contributed by atoms with Gasteiger partial charge in [0.25, 0.3) is 5.69 Å². The first kappa shape index (κ1) is 15.1. The second-order valence-corrected chi connectivity index (χ2v) is 5.37. The van der Waals surface area contributed by atoms with E-state index in [1.165, 1.54) is 18.2 Å². The Bertz CT molecular complexity index is 493. The fourth-order valence-electron chi connectivity index (χ4n) is 1.35. The van der Waals surface area contributed by atoms with Crippen molar-refractivity contribution in [3.05, 3.63) is 34.4 Å². The van der Waals surface area contributed by atoms with E-state index in [2.05, 4.69) is 10.6 Å². The van der Waals surface area contributed by atoms with Gasteiger partial charge in [0.05, 0.1) is 4.92 Å². The zero-order valence-corrected chi connectivity index (χ0v) is 11.2. The molecule has 0 saturated heterocycles. The zero-order valence-electron chi connectivity index (χ0n) is 10.4. The number of nitrogens with one attached hydrogen (secondary N) is 2. The van der Waals surface area contributed by atoms with Crippen molar-refractivity contribution in [2.75, 3.05) is 23.9 Å². The number of hydrogen-bond acceptors (Lipinski definition) is 4. The molecule has 104 valence electrons. The number of benzene rings is 1. The van der Waals surface area contributed by atoms with Crippen LogP contribution < -0.4 is 10.6 Å². The number of hydrogen-bond donors (Lipinski definition) is 2. The number of rotatable bonds is 6. The Morgan fingerprint density at radius 2 is 2.21 bits per heavy atom. The predicted octanol–water partition coefficient (Wildman–Crippen LogP) is 1.48. The molecule has 7 nitrogen and oxygen atoms in total. The topological polar surface area (TPSA) is 101 Å². The van der Waals surface area contributed by atoms with E-state index in [-0.39, 0.29) is 5.69 Å². The molecule has 1 rings (SSSR count). The minimum atomic E-state index is -0.873. The van der Waals surface area contributed by atoms with E-state index in [9.17, 15) is 19.1 Å². The van der Waals surface area contributed by atoms with Crippen LogP contribution in [0, 0.1) is 10.1 Å². The molecule has 0 bridgehead atoms. The van der Waals surface area contributed by atoms with Gasteiger partial charge in [-0.15, -0.1) is 0 Å². The maximum absolute atomic E-state index is 11.5. The van der Waals surface area contributed by atoms with Gasteiger partial charge < -0.3 is 10.6 Å². The summed E-state index contributed by atoms with van der Waals surface area (Å²) < 4.78 is 10.8. The molecule has 1 atom stereocenters. The molecule has 0 fully saturated rings. The van der Waals surface area contributed by atoms with Crippen molar-refractivity contribution < 1.29 is 13.9 Å². The third-order valence-corrected chi connectivity index (χ3v) is 3.07. The summed E-state index contributed by atoms with van der Waals surface area (Å²) in [6.07, 6.45) is 2.22. The third kappa shape index (κ3) is 5.96. The largest absolute Gasteiger partial charge is 0.338 e. The smallest absolute Gasteiger partial charge is 0.319 e. The van der Waals surface area contributed by atoms with Crippen molar-refractivity contribution in [1.29, 1.82) is 0 Å². The maximum Gasteiger partial charge on any atom is 0.319 e. The van der Waals surface area contributed by atoms with Crippen LogP contribution in [-0.4, -0.2) is 33.7 Å². The standard InChI is InChI=1S/C11H15N3O4S/c1-19(18)7-3-6-12-11(15)13-9-4-2-5-10(8-9)14(16)17/h2,4-5,8H,3,6-7H2,1H3,(H2,12,13,15)/t19-/m1/s1. The van der Waals surface area contributed by atoms with Crippen LogP contribution >= 0.6 is 0 Å². The summed E-state index contributed by atoms with van der Waals surface area (Å²) in [7, 11) is -0.873. The molecule has 1 aromatic rings. The molecule has 2 N–H and O–H groups in total. The second kappa shape index (κ2) is 7.47. The summed E-state index contributed by atoms with van der Waals surface area (Å²) in [5.74, 6) is 0.525. The molecular formula is C11H15N3O4S. The van der Waals surface area contributed by atoms with E-state index in [1.807, 2.05) is 0 Å². The van der Waals surface area contributed by atoms with Gasteiger partial charge in [-0.3, -0.25) is 14.3 Å². The van der Waals surface area contributed by atoms with Gasteiger partial charge in [0.15, 0.2) is 0 Å². The summed E-state index contributed by atoms with van der Waals surface area (Å²) >= 11 is 0. The summed E-state index contributed by atoms with van der Waals surface area (Å²) in [5, 5.41) is 15.6. The Balaban J connectivity index is 2.42. The van der Waals surface area contributed by atoms with E-state index >= 15 is 0 Å². The van der Waals surface area contributed by atoms with Gasteiger partial charge in [-0.25, -0.2) is 4.79 Å². The van der Waals surface area contributed by atoms with Gasteiger partial charge in [0.2, 0.25) is 0 Å². The Labute approximate surface area is 113 Å². The van der Waals surface area contributed by atoms with Crippen molar-refractivity contribution in [1.82, 2.24) is 5.32 Å². The lowest BCUT2D eigenvalue weighted by Crippen LogP contribution is -2.30. The Kier molecular flexibility index (Phi) is 5.94. The number of non-ortho nitro benzene ring substituents is 1. The molecule has 0 spiro atoms. The first-order valence-electron chi connectivity index (χ1n) is 5.58. The molecule has 0 unspecified atom stereocenters. The number of nitro benzene ring substituents is 1. The molecule has 19 heavy (non-hydrogen) atoms. The lowest BCUT2D eigenvalue weighted by Gasteiger charge is -2.06.